The lowest BCUT2D eigenvalue weighted by Gasteiger charge is -2.22. The first-order valence-corrected chi connectivity index (χ1v) is 11.8. The molecule has 2 heterocycles. The zero-order valence-corrected chi connectivity index (χ0v) is 20.2. The SMILES string of the molecule is Cc1c(C(=O)NCc2ccc(S(N)(=O)=O)cc2)nn(C(C)(C)C)c1Oc1ncccc1C(F)(F)F. The van der Waals surface area contributed by atoms with Crippen LogP contribution in [0.25, 0.3) is 0 Å². The van der Waals surface area contributed by atoms with Crippen LogP contribution in [-0.2, 0) is 28.3 Å². The summed E-state index contributed by atoms with van der Waals surface area (Å²) in [5, 5.41) is 12.0. The molecule has 13 heteroatoms. The van der Waals surface area contributed by atoms with Gasteiger partial charge in [-0.3, -0.25) is 4.79 Å². The number of amides is 1. The highest BCUT2D eigenvalue weighted by molar-refractivity contribution is 7.89. The first kappa shape index (κ1) is 26.2. The van der Waals surface area contributed by atoms with E-state index in [0.29, 0.717) is 5.56 Å². The lowest BCUT2D eigenvalue weighted by Crippen LogP contribution is -2.26. The average Bonchev–Trinajstić information content (AvgIpc) is 3.08. The van der Waals surface area contributed by atoms with Crippen LogP contribution in [-0.4, -0.2) is 29.1 Å². The Labute approximate surface area is 200 Å². The molecule has 188 valence electrons. The van der Waals surface area contributed by atoms with Crippen molar-refractivity contribution in [2.45, 2.75) is 50.9 Å². The van der Waals surface area contributed by atoms with E-state index in [-0.39, 0.29) is 28.6 Å². The number of hydrogen-bond acceptors (Lipinski definition) is 6. The third-order valence-electron chi connectivity index (χ3n) is 4.89. The maximum absolute atomic E-state index is 13.4. The molecule has 3 rings (SSSR count). The van der Waals surface area contributed by atoms with Crippen molar-refractivity contribution in [2.75, 3.05) is 0 Å². The Balaban J connectivity index is 1.90. The van der Waals surface area contributed by atoms with Gasteiger partial charge in [0.25, 0.3) is 5.91 Å². The fourth-order valence-corrected chi connectivity index (χ4v) is 3.63. The van der Waals surface area contributed by atoms with Crippen molar-refractivity contribution >= 4 is 15.9 Å². The number of nitrogens with zero attached hydrogens (tertiary/aromatic N) is 3. The summed E-state index contributed by atoms with van der Waals surface area (Å²) in [6.07, 6.45) is -3.52. The fourth-order valence-electron chi connectivity index (χ4n) is 3.11. The molecule has 1 aromatic carbocycles. The van der Waals surface area contributed by atoms with Crippen LogP contribution in [0.5, 0.6) is 11.8 Å². The molecule has 35 heavy (non-hydrogen) atoms. The van der Waals surface area contributed by atoms with Crippen LogP contribution in [0.3, 0.4) is 0 Å². The zero-order valence-electron chi connectivity index (χ0n) is 19.3. The smallest absolute Gasteiger partial charge is 0.420 e. The van der Waals surface area contributed by atoms with Gasteiger partial charge in [0.2, 0.25) is 21.8 Å². The number of benzene rings is 1. The average molecular weight is 512 g/mol. The van der Waals surface area contributed by atoms with Crippen LogP contribution >= 0.6 is 0 Å². The first-order chi connectivity index (χ1) is 16.1. The van der Waals surface area contributed by atoms with E-state index in [4.69, 9.17) is 9.88 Å². The number of sulfonamides is 1. The predicted molar refractivity (Wildman–Crippen MR) is 120 cm³/mol. The van der Waals surface area contributed by atoms with Gasteiger partial charge in [-0.1, -0.05) is 12.1 Å². The van der Waals surface area contributed by atoms with Gasteiger partial charge in [0, 0.05) is 18.3 Å². The lowest BCUT2D eigenvalue weighted by atomic mass is 10.1. The van der Waals surface area contributed by atoms with E-state index in [9.17, 15) is 26.4 Å². The molecule has 3 aromatic rings. The second kappa shape index (κ2) is 9.30. The van der Waals surface area contributed by atoms with Crippen molar-refractivity contribution in [1.29, 1.82) is 0 Å². The van der Waals surface area contributed by atoms with Gasteiger partial charge in [-0.15, -0.1) is 0 Å². The number of alkyl halides is 3. The Kier molecular flexibility index (Phi) is 6.95. The molecule has 0 atom stereocenters. The normalized spacial score (nSPS) is 12.5. The summed E-state index contributed by atoms with van der Waals surface area (Å²) >= 11 is 0. The number of rotatable bonds is 6. The molecule has 0 aliphatic carbocycles. The first-order valence-electron chi connectivity index (χ1n) is 10.3. The minimum Gasteiger partial charge on any atom is -0.420 e. The van der Waals surface area contributed by atoms with Gasteiger partial charge in [0.15, 0.2) is 5.69 Å². The number of halogens is 3. The Morgan fingerprint density at radius 2 is 1.77 bits per heavy atom. The zero-order chi connectivity index (χ0) is 26.2. The number of aromatic nitrogens is 3. The molecule has 0 bridgehead atoms. The molecule has 0 spiro atoms. The van der Waals surface area contributed by atoms with Gasteiger partial charge in [-0.05, 0) is 57.5 Å². The van der Waals surface area contributed by atoms with E-state index >= 15 is 0 Å². The molecule has 0 aliphatic rings. The number of carbonyl (C=O) groups is 1. The molecule has 3 N–H and O–H groups in total. The van der Waals surface area contributed by atoms with E-state index in [1.54, 1.807) is 20.8 Å². The molecule has 2 aromatic heterocycles. The number of primary sulfonamides is 1. The lowest BCUT2D eigenvalue weighted by molar-refractivity contribution is -0.138. The fraction of sp³-hybridized carbons (Fsp3) is 0.318. The van der Waals surface area contributed by atoms with Crippen molar-refractivity contribution in [2.24, 2.45) is 5.14 Å². The molecule has 0 radical (unpaired) electrons. The number of pyridine rings is 1. The molecule has 0 saturated heterocycles. The van der Waals surface area contributed by atoms with Crippen molar-refractivity contribution in [3.05, 3.63) is 65.0 Å². The highest BCUT2D eigenvalue weighted by Gasteiger charge is 2.36. The molecular formula is C22H24F3N5O4S. The van der Waals surface area contributed by atoms with Gasteiger partial charge >= 0.3 is 6.18 Å². The Bertz CT molecular complexity index is 1340. The third kappa shape index (κ3) is 5.98. The minimum atomic E-state index is -4.69. The number of carbonyl (C=O) groups excluding carboxylic acids is 1. The van der Waals surface area contributed by atoms with Crippen LogP contribution in [0, 0.1) is 6.92 Å². The van der Waals surface area contributed by atoms with Crippen LogP contribution in [0.15, 0.2) is 47.5 Å². The molecule has 0 saturated carbocycles. The van der Waals surface area contributed by atoms with Crippen molar-refractivity contribution in [3.8, 4) is 11.8 Å². The van der Waals surface area contributed by atoms with Crippen LogP contribution in [0.4, 0.5) is 13.2 Å². The van der Waals surface area contributed by atoms with E-state index in [1.807, 2.05) is 0 Å². The maximum atomic E-state index is 13.4. The monoisotopic (exact) mass is 511 g/mol. The largest absolute Gasteiger partial charge is 0.421 e. The summed E-state index contributed by atoms with van der Waals surface area (Å²) in [4.78, 5) is 16.5. The second-order valence-corrected chi connectivity index (χ2v) is 10.3. The van der Waals surface area contributed by atoms with E-state index < -0.39 is 39.1 Å². The molecular weight excluding hydrogens is 487 g/mol. The molecule has 1 amide bonds. The topological polar surface area (TPSA) is 129 Å². The van der Waals surface area contributed by atoms with Gasteiger partial charge in [-0.25, -0.2) is 23.2 Å². The van der Waals surface area contributed by atoms with Crippen molar-refractivity contribution < 1.29 is 31.1 Å². The van der Waals surface area contributed by atoms with Crippen molar-refractivity contribution in [1.82, 2.24) is 20.1 Å². The summed E-state index contributed by atoms with van der Waals surface area (Å²) < 4.78 is 69.9. The summed E-state index contributed by atoms with van der Waals surface area (Å²) in [5.74, 6) is -1.30. The third-order valence-corrected chi connectivity index (χ3v) is 5.82. The summed E-state index contributed by atoms with van der Waals surface area (Å²) in [7, 11) is -3.84. The van der Waals surface area contributed by atoms with Crippen LogP contribution < -0.4 is 15.2 Å². The van der Waals surface area contributed by atoms with E-state index in [0.717, 1.165) is 12.1 Å². The number of nitrogens with two attached hydrogens (primary N) is 1. The Morgan fingerprint density at radius 1 is 1.14 bits per heavy atom. The summed E-state index contributed by atoms with van der Waals surface area (Å²) in [6, 6.07) is 7.62. The predicted octanol–water partition coefficient (Wildman–Crippen LogP) is 3.73. The standard InChI is InChI=1S/C22H24F3N5O4S/c1-13-17(18(31)28-12-14-7-9-15(10-8-14)35(26,32)33)29-30(21(2,3)4)20(13)34-19-16(22(23,24)25)6-5-11-27-19/h5-11H,12H2,1-4H3,(H,28,31)(H2,26,32,33). The second-order valence-electron chi connectivity index (χ2n) is 8.69. The number of nitrogens with one attached hydrogen (secondary N) is 1. The molecule has 0 unspecified atom stereocenters. The van der Waals surface area contributed by atoms with Gasteiger partial charge in [0.05, 0.1) is 10.4 Å². The summed E-state index contributed by atoms with van der Waals surface area (Å²) in [6.45, 7) is 6.81. The number of hydrogen-bond donors (Lipinski definition) is 2. The molecule has 0 aliphatic heterocycles. The van der Waals surface area contributed by atoms with Crippen LogP contribution in [0.2, 0.25) is 0 Å². The van der Waals surface area contributed by atoms with E-state index in [1.165, 1.54) is 42.1 Å². The van der Waals surface area contributed by atoms with Gasteiger partial charge < -0.3 is 10.1 Å². The minimum absolute atomic E-state index is 0.0411. The molecule has 0 fully saturated rings. The Morgan fingerprint density at radius 3 is 2.31 bits per heavy atom. The quantitative estimate of drug-likeness (QED) is 0.519. The molecule has 9 nitrogen and oxygen atoms in total. The highest BCUT2D eigenvalue weighted by Crippen LogP contribution is 2.38. The summed E-state index contributed by atoms with van der Waals surface area (Å²) in [5.41, 5.74) is -1.02. The van der Waals surface area contributed by atoms with Gasteiger partial charge in [-0.2, -0.15) is 18.3 Å². The van der Waals surface area contributed by atoms with Gasteiger partial charge in [0.1, 0.15) is 5.56 Å². The Hall–Kier alpha value is -3.45. The highest BCUT2D eigenvalue weighted by atomic mass is 32.2. The van der Waals surface area contributed by atoms with E-state index in [2.05, 4.69) is 15.4 Å². The van der Waals surface area contributed by atoms with Crippen LogP contribution in [0.1, 0.15) is 48.0 Å². The maximum Gasteiger partial charge on any atom is 0.421 e. The van der Waals surface area contributed by atoms with Crippen molar-refractivity contribution in [3.63, 3.8) is 0 Å². The number of ether oxygens (including phenoxy) is 1.